The Balaban J connectivity index is 2.20. The van der Waals surface area contributed by atoms with E-state index in [4.69, 9.17) is 4.74 Å². The number of anilines is 1. The van der Waals surface area contributed by atoms with Gasteiger partial charge < -0.3 is 10.1 Å². The Bertz CT molecular complexity index is 522. The Kier molecular flexibility index (Phi) is 4.09. The number of nitrogens with zero attached hydrogens (tertiary/aromatic N) is 4. The summed E-state index contributed by atoms with van der Waals surface area (Å²) in [5.41, 5.74) is 0.823. The average molecular weight is 249 g/mol. The lowest BCUT2D eigenvalue weighted by atomic mass is 10.3. The first-order chi connectivity index (χ1) is 8.76. The Morgan fingerprint density at radius 3 is 2.94 bits per heavy atom. The Hall–Kier alpha value is -1.69. The summed E-state index contributed by atoms with van der Waals surface area (Å²) < 4.78 is 7.29. The van der Waals surface area contributed by atoms with Gasteiger partial charge in [-0.25, -0.2) is 9.97 Å². The molecule has 0 aromatic carbocycles. The molecular weight excluding hydrogens is 230 g/mol. The standard InChI is InChI=1S/C12H19N5O/c1-4-5-6-18-8-10-15-11(13-2)9-7-14-17(3)12(9)16-10/h7H,4-6,8H2,1-3H3,(H,13,15,16). The first-order valence-electron chi connectivity index (χ1n) is 6.20. The molecule has 1 N–H and O–H groups in total. The van der Waals surface area contributed by atoms with Crippen LogP contribution < -0.4 is 5.32 Å². The van der Waals surface area contributed by atoms with E-state index in [-0.39, 0.29) is 0 Å². The third-order valence-corrected chi connectivity index (χ3v) is 2.75. The molecule has 2 aromatic rings. The molecule has 2 rings (SSSR count). The van der Waals surface area contributed by atoms with Crippen LogP contribution >= 0.6 is 0 Å². The van der Waals surface area contributed by atoms with Crippen LogP contribution in [0.2, 0.25) is 0 Å². The van der Waals surface area contributed by atoms with Crippen LogP contribution in [0, 0.1) is 0 Å². The lowest BCUT2D eigenvalue weighted by Gasteiger charge is -2.06. The van der Waals surface area contributed by atoms with E-state index in [9.17, 15) is 0 Å². The van der Waals surface area contributed by atoms with E-state index >= 15 is 0 Å². The van der Waals surface area contributed by atoms with Crippen molar-refractivity contribution in [2.45, 2.75) is 26.4 Å². The molecule has 0 aliphatic heterocycles. The summed E-state index contributed by atoms with van der Waals surface area (Å²) in [6, 6.07) is 0. The van der Waals surface area contributed by atoms with E-state index in [1.54, 1.807) is 10.9 Å². The van der Waals surface area contributed by atoms with Crippen molar-refractivity contribution in [1.82, 2.24) is 19.7 Å². The van der Waals surface area contributed by atoms with Crippen LogP contribution in [0.15, 0.2) is 6.20 Å². The second-order valence-corrected chi connectivity index (χ2v) is 4.15. The van der Waals surface area contributed by atoms with Crippen LogP contribution in [0.1, 0.15) is 25.6 Å². The highest BCUT2D eigenvalue weighted by molar-refractivity contribution is 5.86. The van der Waals surface area contributed by atoms with E-state index in [2.05, 4.69) is 27.3 Å². The van der Waals surface area contributed by atoms with Gasteiger partial charge in [-0.2, -0.15) is 5.10 Å². The zero-order chi connectivity index (χ0) is 13.0. The molecule has 0 amide bonds. The van der Waals surface area contributed by atoms with Gasteiger partial charge in [0.2, 0.25) is 0 Å². The summed E-state index contributed by atoms with van der Waals surface area (Å²) in [4.78, 5) is 8.90. The minimum absolute atomic E-state index is 0.440. The van der Waals surface area contributed by atoms with Crippen LogP contribution in [0.25, 0.3) is 11.0 Å². The van der Waals surface area contributed by atoms with Crippen molar-refractivity contribution in [3.8, 4) is 0 Å². The SMILES string of the molecule is CCCCOCc1nc(NC)c2cnn(C)c2n1. The molecule has 0 atom stereocenters. The molecule has 0 radical (unpaired) electrons. The van der Waals surface area contributed by atoms with Gasteiger partial charge >= 0.3 is 0 Å². The molecule has 6 heteroatoms. The molecule has 0 bridgehead atoms. The molecule has 0 saturated carbocycles. The number of fused-ring (bicyclic) bond motifs is 1. The lowest BCUT2D eigenvalue weighted by molar-refractivity contribution is 0.113. The number of aryl methyl sites for hydroxylation is 1. The van der Waals surface area contributed by atoms with Crippen molar-refractivity contribution >= 4 is 16.9 Å². The summed E-state index contributed by atoms with van der Waals surface area (Å²) in [5, 5.41) is 8.18. The average Bonchev–Trinajstić information content (AvgIpc) is 2.76. The molecular formula is C12H19N5O. The van der Waals surface area contributed by atoms with Crippen molar-refractivity contribution in [2.75, 3.05) is 19.0 Å². The molecule has 6 nitrogen and oxygen atoms in total. The predicted octanol–water partition coefficient (Wildman–Crippen LogP) is 1.72. The van der Waals surface area contributed by atoms with Crippen molar-refractivity contribution in [2.24, 2.45) is 7.05 Å². The van der Waals surface area contributed by atoms with Crippen LogP contribution in [-0.2, 0) is 18.4 Å². The number of hydrogen-bond acceptors (Lipinski definition) is 5. The van der Waals surface area contributed by atoms with Gasteiger partial charge in [-0.1, -0.05) is 13.3 Å². The predicted molar refractivity (Wildman–Crippen MR) is 70.4 cm³/mol. The molecule has 0 unspecified atom stereocenters. The summed E-state index contributed by atoms with van der Waals surface area (Å²) in [6.45, 7) is 3.33. The fourth-order valence-corrected chi connectivity index (χ4v) is 1.73. The summed E-state index contributed by atoms with van der Waals surface area (Å²) in [7, 11) is 3.72. The van der Waals surface area contributed by atoms with E-state index in [1.807, 2.05) is 14.1 Å². The largest absolute Gasteiger partial charge is 0.373 e. The third-order valence-electron chi connectivity index (χ3n) is 2.75. The highest BCUT2D eigenvalue weighted by Crippen LogP contribution is 2.19. The first-order valence-corrected chi connectivity index (χ1v) is 6.20. The normalized spacial score (nSPS) is 11.1. The number of unbranched alkanes of at least 4 members (excludes halogenated alkanes) is 1. The fraction of sp³-hybridized carbons (Fsp3) is 0.583. The quantitative estimate of drug-likeness (QED) is 0.790. The Morgan fingerprint density at radius 2 is 2.22 bits per heavy atom. The summed E-state index contributed by atoms with van der Waals surface area (Å²) in [5.74, 6) is 1.48. The third kappa shape index (κ3) is 2.59. The van der Waals surface area contributed by atoms with Gasteiger partial charge in [0.15, 0.2) is 11.5 Å². The maximum absolute atomic E-state index is 5.54. The van der Waals surface area contributed by atoms with Gasteiger partial charge in [-0.3, -0.25) is 4.68 Å². The monoisotopic (exact) mass is 249 g/mol. The van der Waals surface area contributed by atoms with Crippen molar-refractivity contribution in [1.29, 1.82) is 0 Å². The molecule has 0 spiro atoms. The van der Waals surface area contributed by atoms with Crippen LogP contribution in [0.4, 0.5) is 5.82 Å². The van der Waals surface area contributed by atoms with Crippen LogP contribution in [0.5, 0.6) is 0 Å². The number of hydrogen-bond donors (Lipinski definition) is 1. The second-order valence-electron chi connectivity index (χ2n) is 4.15. The van der Waals surface area contributed by atoms with Gasteiger partial charge in [0.05, 0.1) is 11.6 Å². The van der Waals surface area contributed by atoms with Crippen LogP contribution in [-0.4, -0.2) is 33.4 Å². The number of rotatable bonds is 6. The van der Waals surface area contributed by atoms with E-state index in [0.717, 1.165) is 36.3 Å². The summed E-state index contributed by atoms with van der Waals surface area (Å²) in [6.07, 6.45) is 3.96. The molecule has 2 heterocycles. The molecule has 0 aliphatic carbocycles. The highest BCUT2D eigenvalue weighted by Gasteiger charge is 2.10. The minimum atomic E-state index is 0.440. The number of aromatic nitrogens is 4. The van der Waals surface area contributed by atoms with E-state index < -0.39 is 0 Å². The molecule has 0 fully saturated rings. The van der Waals surface area contributed by atoms with Gasteiger partial charge in [0.1, 0.15) is 12.4 Å². The molecule has 0 aliphatic rings. The van der Waals surface area contributed by atoms with Gasteiger partial charge in [0.25, 0.3) is 0 Å². The zero-order valence-electron chi connectivity index (χ0n) is 11.1. The van der Waals surface area contributed by atoms with Crippen molar-refractivity contribution in [3.63, 3.8) is 0 Å². The van der Waals surface area contributed by atoms with Gasteiger partial charge in [-0.15, -0.1) is 0 Å². The smallest absolute Gasteiger partial charge is 0.163 e. The first kappa shape index (κ1) is 12.8. The number of nitrogens with one attached hydrogen (secondary N) is 1. The van der Waals surface area contributed by atoms with Gasteiger partial charge in [-0.05, 0) is 6.42 Å². The topological polar surface area (TPSA) is 64.9 Å². The maximum atomic E-state index is 5.54. The second kappa shape index (κ2) is 5.77. The Labute approximate surface area is 106 Å². The van der Waals surface area contributed by atoms with Crippen molar-refractivity contribution < 1.29 is 4.74 Å². The van der Waals surface area contributed by atoms with Crippen molar-refractivity contribution in [3.05, 3.63) is 12.0 Å². The van der Waals surface area contributed by atoms with Crippen LogP contribution in [0.3, 0.4) is 0 Å². The molecule has 98 valence electrons. The summed E-state index contributed by atoms with van der Waals surface area (Å²) >= 11 is 0. The molecule has 2 aromatic heterocycles. The van der Waals surface area contributed by atoms with Gasteiger partial charge in [0, 0.05) is 20.7 Å². The molecule has 0 saturated heterocycles. The Morgan fingerprint density at radius 1 is 1.39 bits per heavy atom. The molecule has 18 heavy (non-hydrogen) atoms. The fourth-order valence-electron chi connectivity index (χ4n) is 1.73. The van der Waals surface area contributed by atoms with E-state index in [0.29, 0.717) is 12.4 Å². The number of ether oxygens (including phenoxy) is 1. The minimum Gasteiger partial charge on any atom is -0.373 e. The zero-order valence-corrected chi connectivity index (χ0v) is 11.1. The highest BCUT2D eigenvalue weighted by atomic mass is 16.5. The maximum Gasteiger partial charge on any atom is 0.163 e. The lowest BCUT2D eigenvalue weighted by Crippen LogP contribution is -2.05. The van der Waals surface area contributed by atoms with E-state index in [1.165, 1.54) is 0 Å².